The molecule has 2 aromatic carbocycles. The van der Waals surface area contributed by atoms with E-state index < -0.39 is 18.0 Å². The first-order chi connectivity index (χ1) is 13.4. The topological polar surface area (TPSA) is 83.1 Å². The third kappa shape index (κ3) is 5.07. The van der Waals surface area contributed by atoms with Gasteiger partial charge in [-0.25, -0.2) is 4.79 Å². The van der Waals surface area contributed by atoms with E-state index in [-0.39, 0.29) is 16.3 Å². The first-order valence-electron chi connectivity index (χ1n) is 8.56. The minimum absolute atomic E-state index is 0.136. The summed E-state index contributed by atoms with van der Waals surface area (Å²) in [6.07, 6.45) is -1.05. The third-order valence-electron chi connectivity index (χ3n) is 3.77. The molecule has 0 saturated carbocycles. The second kappa shape index (κ2) is 9.85. The van der Waals surface area contributed by atoms with Crippen molar-refractivity contribution in [3.05, 3.63) is 47.0 Å². The Kier molecular flexibility index (Phi) is 7.52. The zero-order valence-corrected chi connectivity index (χ0v) is 16.8. The molecular formula is C20H22ClNO6. The fourth-order valence-corrected chi connectivity index (χ4v) is 2.69. The van der Waals surface area contributed by atoms with Crippen molar-refractivity contribution < 1.29 is 28.5 Å². The maximum atomic E-state index is 12.4. The monoisotopic (exact) mass is 407 g/mol. The number of carbonyl (C=O) groups is 2. The highest BCUT2D eigenvalue weighted by Gasteiger charge is 2.22. The smallest absolute Gasteiger partial charge is 0.339 e. The number of amides is 1. The summed E-state index contributed by atoms with van der Waals surface area (Å²) in [5.74, 6) is -0.0945. The molecule has 0 saturated heterocycles. The van der Waals surface area contributed by atoms with Crippen LogP contribution in [0, 0.1) is 0 Å². The van der Waals surface area contributed by atoms with Gasteiger partial charge in [0.15, 0.2) is 17.6 Å². The predicted molar refractivity (Wildman–Crippen MR) is 106 cm³/mol. The van der Waals surface area contributed by atoms with E-state index in [0.717, 1.165) is 0 Å². The van der Waals surface area contributed by atoms with Gasteiger partial charge in [0, 0.05) is 0 Å². The molecule has 1 N–H and O–H groups in total. The highest BCUT2D eigenvalue weighted by molar-refractivity contribution is 6.32. The highest BCUT2D eigenvalue weighted by Crippen LogP contribution is 2.36. The zero-order valence-electron chi connectivity index (χ0n) is 16.1. The van der Waals surface area contributed by atoms with Gasteiger partial charge in [0.2, 0.25) is 0 Å². The Balaban J connectivity index is 2.10. The molecule has 0 bridgehead atoms. The van der Waals surface area contributed by atoms with Crippen LogP contribution in [-0.4, -0.2) is 38.8 Å². The zero-order chi connectivity index (χ0) is 20.7. The molecule has 150 valence electrons. The van der Waals surface area contributed by atoms with E-state index in [9.17, 15) is 9.59 Å². The van der Waals surface area contributed by atoms with Crippen LogP contribution in [0.3, 0.4) is 0 Å². The van der Waals surface area contributed by atoms with Crippen LogP contribution < -0.4 is 19.5 Å². The molecule has 0 fully saturated rings. The van der Waals surface area contributed by atoms with E-state index in [1.807, 2.05) is 6.92 Å². The van der Waals surface area contributed by atoms with Gasteiger partial charge in [-0.3, -0.25) is 4.79 Å². The first-order valence-corrected chi connectivity index (χ1v) is 8.94. The normalized spacial score (nSPS) is 11.3. The number of esters is 1. The number of nitrogens with one attached hydrogen (secondary N) is 1. The summed E-state index contributed by atoms with van der Waals surface area (Å²) in [5, 5.41) is 2.88. The first kappa shape index (κ1) is 21.4. The highest BCUT2D eigenvalue weighted by atomic mass is 35.5. The lowest BCUT2D eigenvalue weighted by atomic mass is 10.2. The minimum Gasteiger partial charge on any atom is -0.493 e. The second-order valence-corrected chi connectivity index (χ2v) is 6.07. The standard InChI is InChI=1S/C20H22ClNO6/c1-5-27-16-9-7-6-8-15(16)22-19(23)12(2)28-20(24)13-10-14(21)18(26-4)17(11-13)25-3/h6-12H,5H2,1-4H3,(H,22,23)/t12-/m0/s1. The summed E-state index contributed by atoms with van der Waals surface area (Å²) in [6, 6.07) is 9.82. The van der Waals surface area contributed by atoms with Gasteiger partial charge in [-0.05, 0) is 38.1 Å². The van der Waals surface area contributed by atoms with Crippen molar-refractivity contribution in [1.82, 2.24) is 0 Å². The number of ether oxygens (including phenoxy) is 4. The van der Waals surface area contributed by atoms with E-state index in [2.05, 4.69) is 5.32 Å². The lowest BCUT2D eigenvalue weighted by molar-refractivity contribution is -0.123. The minimum atomic E-state index is -1.05. The molecule has 1 atom stereocenters. The van der Waals surface area contributed by atoms with Crippen molar-refractivity contribution in [2.45, 2.75) is 20.0 Å². The number of para-hydroxylation sites is 2. The van der Waals surface area contributed by atoms with E-state index in [1.54, 1.807) is 24.3 Å². The van der Waals surface area contributed by atoms with Crippen molar-refractivity contribution in [3.63, 3.8) is 0 Å². The Morgan fingerprint density at radius 3 is 2.46 bits per heavy atom. The van der Waals surface area contributed by atoms with Gasteiger partial charge < -0.3 is 24.3 Å². The number of rotatable bonds is 8. The van der Waals surface area contributed by atoms with Gasteiger partial charge in [-0.2, -0.15) is 0 Å². The Bertz CT molecular complexity index is 855. The molecule has 28 heavy (non-hydrogen) atoms. The number of methoxy groups -OCH3 is 2. The molecule has 0 radical (unpaired) electrons. The van der Waals surface area contributed by atoms with Crippen LogP contribution in [0.2, 0.25) is 5.02 Å². The van der Waals surface area contributed by atoms with Gasteiger partial charge in [0.25, 0.3) is 5.91 Å². The number of benzene rings is 2. The summed E-state index contributed by atoms with van der Waals surface area (Å²) in [4.78, 5) is 24.8. The summed E-state index contributed by atoms with van der Waals surface area (Å²) in [7, 11) is 2.86. The Morgan fingerprint density at radius 2 is 1.82 bits per heavy atom. The van der Waals surface area contributed by atoms with Crippen molar-refractivity contribution in [2.24, 2.45) is 0 Å². The molecule has 2 rings (SSSR count). The van der Waals surface area contributed by atoms with E-state index in [4.69, 9.17) is 30.5 Å². The summed E-state index contributed by atoms with van der Waals surface area (Å²) >= 11 is 6.11. The fraction of sp³-hybridized carbons (Fsp3) is 0.300. The number of anilines is 1. The molecule has 7 nitrogen and oxygen atoms in total. The van der Waals surface area contributed by atoms with Crippen LogP contribution in [0.5, 0.6) is 17.2 Å². The molecule has 1 amide bonds. The maximum Gasteiger partial charge on any atom is 0.339 e. The van der Waals surface area contributed by atoms with Crippen LogP contribution in [-0.2, 0) is 9.53 Å². The average molecular weight is 408 g/mol. The van der Waals surface area contributed by atoms with Gasteiger partial charge >= 0.3 is 5.97 Å². The van der Waals surface area contributed by atoms with Crippen molar-refractivity contribution in [3.8, 4) is 17.2 Å². The van der Waals surface area contributed by atoms with Crippen LogP contribution in [0.4, 0.5) is 5.69 Å². The molecule has 0 heterocycles. The molecule has 0 aliphatic heterocycles. The summed E-state index contributed by atoms with van der Waals surface area (Å²) < 4.78 is 21.0. The molecule has 2 aromatic rings. The summed E-state index contributed by atoms with van der Waals surface area (Å²) in [5.41, 5.74) is 0.628. The number of hydrogen-bond acceptors (Lipinski definition) is 6. The van der Waals surface area contributed by atoms with Crippen LogP contribution in [0.25, 0.3) is 0 Å². The molecule has 0 aromatic heterocycles. The van der Waals surface area contributed by atoms with E-state index in [0.29, 0.717) is 23.8 Å². The molecular weight excluding hydrogens is 386 g/mol. The molecule has 0 aliphatic carbocycles. The number of hydrogen-bond donors (Lipinski definition) is 1. The summed E-state index contributed by atoms with van der Waals surface area (Å²) in [6.45, 7) is 3.77. The van der Waals surface area contributed by atoms with Crippen LogP contribution in [0.1, 0.15) is 24.2 Å². The second-order valence-electron chi connectivity index (χ2n) is 5.66. The quantitative estimate of drug-likeness (QED) is 0.667. The molecule has 0 spiro atoms. The van der Waals surface area contributed by atoms with Gasteiger partial charge in [0.05, 0.1) is 37.1 Å². The SMILES string of the molecule is CCOc1ccccc1NC(=O)[C@H](C)OC(=O)c1cc(Cl)c(OC)c(OC)c1. The Labute approximate surface area is 168 Å². The predicted octanol–water partition coefficient (Wildman–Crippen LogP) is 3.94. The van der Waals surface area contributed by atoms with Crippen LogP contribution >= 0.6 is 11.6 Å². The van der Waals surface area contributed by atoms with Crippen molar-refractivity contribution in [2.75, 3.05) is 26.1 Å². The maximum absolute atomic E-state index is 12.4. The Morgan fingerprint density at radius 1 is 1.11 bits per heavy atom. The lowest BCUT2D eigenvalue weighted by Crippen LogP contribution is -2.30. The number of carbonyl (C=O) groups excluding carboxylic acids is 2. The van der Waals surface area contributed by atoms with Gasteiger partial charge in [0.1, 0.15) is 5.75 Å². The van der Waals surface area contributed by atoms with Gasteiger partial charge in [-0.1, -0.05) is 23.7 Å². The molecule has 0 unspecified atom stereocenters. The average Bonchev–Trinajstić information content (AvgIpc) is 2.68. The van der Waals surface area contributed by atoms with Gasteiger partial charge in [-0.15, -0.1) is 0 Å². The fourth-order valence-electron chi connectivity index (χ4n) is 2.40. The lowest BCUT2D eigenvalue weighted by Gasteiger charge is -2.16. The molecule has 8 heteroatoms. The van der Waals surface area contributed by atoms with Crippen molar-refractivity contribution >= 4 is 29.2 Å². The van der Waals surface area contributed by atoms with E-state index in [1.165, 1.54) is 33.3 Å². The van der Waals surface area contributed by atoms with E-state index >= 15 is 0 Å². The Hall–Kier alpha value is -2.93. The van der Waals surface area contributed by atoms with Crippen molar-refractivity contribution in [1.29, 1.82) is 0 Å². The molecule has 0 aliphatic rings. The number of halogens is 1. The third-order valence-corrected chi connectivity index (χ3v) is 4.05. The largest absolute Gasteiger partial charge is 0.493 e. The van der Waals surface area contributed by atoms with Crippen LogP contribution in [0.15, 0.2) is 36.4 Å².